The van der Waals surface area contributed by atoms with Gasteiger partial charge in [-0.2, -0.15) is 0 Å². The first kappa shape index (κ1) is 25.1. The molecule has 0 amide bonds. The number of carbonyl (C=O) groups is 1. The van der Waals surface area contributed by atoms with E-state index in [2.05, 4.69) is 35.1 Å². The van der Waals surface area contributed by atoms with Crippen LogP contribution < -0.4 is 11.5 Å². The van der Waals surface area contributed by atoms with E-state index in [4.69, 9.17) is 21.7 Å². The summed E-state index contributed by atoms with van der Waals surface area (Å²) >= 11 is 0. The molecular formula is C25H34N4O3. The van der Waals surface area contributed by atoms with Gasteiger partial charge in [0.25, 0.3) is 0 Å². The van der Waals surface area contributed by atoms with E-state index in [0.29, 0.717) is 12.8 Å². The van der Waals surface area contributed by atoms with Gasteiger partial charge in [0.15, 0.2) is 0 Å². The first-order valence-electron chi connectivity index (χ1n) is 10.3. The Bertz CT molecular complexity index is 1180. The molecule has 0 saturated carbocycles. The summed E-state index contributed by atoms with van der Waals surface area (Å²) in [4.78, 5) is 17.0. The number of hydrogen-bond donors (Lipinski definition) is 6. The SMILES string of the molecule is C.Cc1ccc2[nH]cc(C[C@@H](N)C(=O)O)c2c1.Cc1ccc2[nH]cc(C[C@@H](N)CO)c2c1. The number of nitrogens with one attached hydrogen (secondary N) is 2. The first-order valence-corrected chi connectivity index (χ1v) is 10.3. The van der Waals surface area contributed by atoms with Crippen molar-refractivity contribution in [2.75, 3.05) is 6.61 Å². The Labute approximate surface area is 188 Å². The molecule has 2 heterocycles. The number of aliphatic hydroxyl groups is 1. The zero-order chi connectivity index (χ0) is 22.5. The number of aromatic amines is 2. The lowest BCUT2D eigenvalue weighted by Gasteiger charge is -2.06. The van der Waals surface area contributed by atoms with Crippen LogP contribution in [0.2, 0.25) is 0 Å². The Hall–Kier alpha value is -3.13. The average molecular weight is 439 g/mol. The number of rotatable bonds is 6. The molecule has 2 aromatic heterocycles. The Morgan fingerprint density at radius 1 is 0.906 bits per heavy atom. The van der Waals surface area contributed by atoms with Gasteiger partial charge in [-0.05, 0) is 55.7 Å². The smallest absolute Gasteiger partial charge is 0.320 e. The van der Waals surface area contributed by atoms with E-state index in [0.717, 1.165) is 27.5 Å². The molecule has 0 radical (unpaired) electrons. The Kier molecular flexibility index (Phi) is 8.60. The van der Waals surface area contributed by atoms with Crippen LogP contribution in [0.3, 0.4) is 0 Å². The largest absolute Gasteiger partial charge is 0.480 e. The van der Waals surface area contributed by atoms with E-state index < -0.39 is 12.0 Å². The fraction of sp³-hybridized carbons (Fsp3) is 0.320. The van der Waals surface area contributed by atoms with Crippen LogP contribution in [0.15, 0.2) is 48.8 Å². The Morgan fingerprint density at radius 2 is 1.38 bits per heavy atom. The van der Waals surface area contributed by atoms with Crippen molar-refractivity contribution in [1.29, 1.82) is 0 Å². The summed E-state index contributed by atoms with van der Waals surface area (Å²) in [5.74, 6) is -0.970. The number of fused-ring (bicyclic) bond motifs is 2. The van der Waals surface area contributed by atoms with E-state index in [-0.39, 0.29) is 20.1 Å². The van der Waals surface area contributed by atoms with Crippen LogP contribution in [-0.2, 0) is 17.6 Å². The number of carboxylic acid groups (broad SMARTS) is 1. The average Bonchev–Trinajstić information content (AvgIpc) is 3.32. The number of carboxylic acids is 1. The minimum atomic E-state index is -0.970. The maximum Gasteiger partial charge on any atom is 0.320 e. The van der Waals surface area contributed by atoms with Crippen molar-refractivity contribution >= 4 is 27.8 Å². The van der Waals surface area contributed by atoms with Crippen molar-refractivity contribution in [2.24, 2.45) is 11.5 Å². The van der Waals surface area contributed by atoms with Crippen molar-refractivity contribution in [3.63, 3.8) is 0 Å². The minimum absolute atomic E-state index is 0. The summed E-state index contributed by atoms with van der Waals surface area (Å²) in [7, 11) is 0. The van der Waals surface area contributed by atoms with E-state index in [9.17, 15) is 4.79 Å². The fourth-order valence-electron chi connectivity index (χ4n) is 3.59. The number of nitrogens with two attached hydrogens (primary N) is 2. The number of aliphatic carboxylic acids is 1. The van der Waals surface area contributed by atoms with Gasteiger partial charge >= 0.3 is 5.97 Å². The van der Waals surface area contributed by atoms with Gasteiger partial charge in [0.2, 0.25) is 0 Å². The van der Waals surface area contributed by atoms with E-state index >= 15 is 0 Å². The monoisotopic (exact) mass is 438 g/mol. The molecule has 0 fully saturated rings. The third kappa shape index (κ3) is 5.97. The van der Waals surface area contributed by atoms with Gasteiger partial charge in [-0.25, -0.2) is 0 Å². The standard InChI is InChI=1S/C12H14N2O2.C12H16N2O.CH4/c1-7-2-3-11-9(4-7)8(6-14-11)5-10(13)12(15)16;1-8-2-3-12-11(4-8)9(6-14-12)5-10(13)7-15;/h2-4,6,10,14H,5,13H2,1H3,(H,15,16);2-4,6,10,14-15H,5,7,13H2,1H3;1H4/t2*10-;/m11./s1. The molecule has 0 unspecified atom stereocenters. The molecule has 0 aliphatic rings. The van der Waals surface area contributed by atoms with Crippen molar-refractivity contribution < 1.29 is 15.0 Å². The first-order chi connectivity index (χ1) is 14.8. The summed E-state index contributed by atoms with van der Waals surface area (Å²) in [6.45, 7) is 4.11. The number of H-pyrrole nitrogens is 2. The molecule has 4 aromatic rings. The van der Waals surface area contributed by atoms with Gasteiger partial charge in [0.1, 0.15) is 6.04 Å². The normalized spacial score (nSPS) is 12.7. The molecule has 4 rings (SSSR count). The van der Waals surface area contributed by atoms with Crippen molar-refractivity contribution in [3.05, 3.63) is 71.0 Å². The highest BCUT2D eigenvalue weighted by atomic mass is 16.4. The molecular weight excluding hydrogens is 404 g/mol. The maximum absolute atomic E-state index is 10.7. The van der Waals surface area contributed by atoms with E-state index in [1.807, 2.05) is 37.5 Å². The summed E-state index contributed by atoms with van der Waals surface area (Å²) in [5, 5.41) is 20.0. The number of hydrogen-bond acceptors (Lipinski definition) is 4. The molecule has 0 bridgehead atoms. The molecule has 2 aromatic carbocycles. The molecule has 0 aliphatic heterocycles. The van der Waals surface area contributed by atoms with Gasteiger partial charge in [-0.15, -0.1) is 0 Å². The van der Waals surface area contributed by atoms with E-state index in [1.165, 1.54) is 16.5 Å². The summed E-state index contributed by atoms with van der Waals surface area (Å²) in [6.07, 6.45) is 4.85. The van der Waals surface area contributed by atoms with Crippen LogP contribution in [0.4, 0.5) is 0 Å². The zero-order valence-electron chi connectivity index (χ0n) is 17.9. The minimum Gasteiger partial charge on any atom is -0.480 e. The highest BCUT2D eigenvalue weighted by Gasteiger charge is 2.14. The molecule has 7 heteroatoms. The van der Waals surface area contributed by atoms with Crippen LogP contribution in [-0.4, -0.2) is 44.8 Å². The molecule has 172 valence electrons. The lowest BCUT2D eigenvalue weighted by Crippen LogP contribution is -2.32. The van der Waals surface area contributed by atoms with Crippen LogP contribution in [0.1, 0.15) is 29.7 Å². The van der Waals surface area contributed by atoms with Crippen LogP contribution in [0.25, 0.3) is 21.8 Å². The second kappa shape index (κ2) is 10.9. The number of aliphatic hydroxyl groups excluding tert-OH is 1. The van der Waals surface area contributed by atoms with Crippen molar-refractivity contribution in [3.8, 4) is 0 Å². The fourth-order valence-corrected chi connectivity index (χ4v) is 3.59. The second-order valence-electron chi connectivity index (χ2n) is 8.02. The summed E-state index contributed by atoms with van der Waals surface area (Å²) in [6, 6.07) is 11.3. The third-order valence-electron chi connectivity index (χ3n) is 5.32. The predicted molar refractivity (Wildman–Crippen MR) is 131 cm³/mol. The van der Waals surface area contributed by atoms with Crippen molar-refractivity contribution in [1.82, 2.24) is 9.97 Å². The topological polar surface area (TPSA) is 141 Å². The van der Waals surface area contributed by atoms with Crippen LogP contribution >= 0.6 is 0 Å². The summed E-state index contributed by atoms with van der Waals surface area (Å²) in [5.41, 5.74) is 17.9. The Morgan fingerprint density at radius 3 is 1.81 bits per heavy atom. The lowest BCUT2D eigenvalue weighted by molar-refractivity contribution is -0.138. The second-order valence-corrected chi connectivity index (χ2v) is 8.02. The number of benzene rings is 2. The maximum atomic E-state index is 10.7. The number of aromatic nitrogens is 2. The van der Waals surface area contributed by atoms with E-state index in [1.54, 1.807) is 0 Å². The zero-order valence-corrected chi connectivity index (χ0v) is 17.9. The van der Waals surface area contributed by atoms with Crippen LogP contribution in [0, 0.1) is 13.8 Å². The molecule has 0 saturated heterocycles. The lowest BCUT2D eigenvalue weighted by atomic mass is 10.0. The van der Waals surface area contributed by atoms with Crippen molar-refractivity contribution in [2.45, 2.75) is 46.2 Å². The van der Waals surface area contributed by atoms with Gasteiger partial charge in [-0.1, -0.05) is 30.7 Å². The summed E-state index contributed by atoms with van der Waals surface area (Å²) < 4.78 is 0. The van der Waals surface area contributed by atoms with Gasteiger partial charge in [0.05, 0.1) is 6.61 Å². The number of aryl methyl sites for hydroxylation is 2. The van der Waals surface area contributed by atoms with Gasteiger partial charge < -0.3 is 31.6 Å². The quantitative estimate of drug-likeness (QED) is 0.274. The molecule has 0 spiro atoms. The highest BCUT2D eigenvalue weighted by Crippen LogP contribution is 2.21. The molecule has 32 heavy (non-hydrogen) atoms. The molecule has 2 atom stereocenters. The molecule has 0 aliphatic carbocycles. The van der Waals surface area contributed by atoms with Gasteiger partial charge in [0, 0.05) is 46.7 Å². The van der Waals surface area contributed by atoms with Crippen LogP contribution in [0.5, 0.6) is 0 Å². The van der Waals surface area contributed by atoms with Gasteiger partial charge in [-0.3, -0.25) is 4.79 Å². The molecule has 7 nitrogen and oxygen atoms in total. The third-order valence-corrected chi connectivity index (χ3v) is 5.32. The predicted octanol–water partition coefficient (Wildman–Crippen LogP) is 3.41. The molecule has 8 N–H and O–H groups in total. The highest BCUT2D eigenvalue weighted by molar-refractivity contribution is 5.85. The Balaban J connectivity index is 0.000000220.